The van der Waals surface area contributed by atoms with Gasteiger partial charge in [0.2, 0.25) is 0 Å². The molecule has 2 heteroatoms. The van der Waals surface area contributed by atoms with Crippen LogP contribution in [-0.4, -0.2) is 6.54 Å². The highest BCUT2D eigenvalue weighted by Crippen LogP contribution is 2.41. The van der Waals surface area contributed by atoms with Crippen LogP contribution in [0.3, 0.4) is 0 Å². The van der Waals surface area contributed by atoms with Crippen LogP contribution in [0.1, 0.15) is 49.8 Å². The maximum atomic E-state index is 13.5. The minimum atomic E-state index is -0.0371. The number of halogens is 1. The lowest BCUT2D eigenvalue weighted by Crippen LogP contribution is -2.17. The van der Waals surface area contributed by atoms with Crippen molar-refractivity contribution in [2.45, 2.75) is 38.6 Å². The lowest BCUT2D eigenvalue weighted by molar-refractivity contribution is 0.585. The van der Waals surface area contributed by atoms with Gasteiger partial charge >= 0.3 is 0 Å². The van der Waals surface area contributed by atoms with Crippen molar-refractivity contribution in [3.8, 4) is 0 Å². The normalized spacial score (nSPS) is 17.8. The van der Waals surface area contributed by atoms with Crippen LogP contribution in [-0.2, 0) is 0 Å². The zero-order valence-corrected chi connectivity index (χ0v) is 9.39. The van der Waals surface area contributed by atoms with Crippen LogP contribution in [0.25, 0.3) is 0 Å². The molecule has 1 unspecified atom stereocenters. The molecule has 0 aliphatic heterocycles. The average Bonchev–Trinajstić information content (AvgIpc) is 3.02. The second-order valence-electron chi connectivity index (χ2n) is 4.33. The van der Waals surface area contributed by atoms with Gasteiger partial charge < -0.3 is 5.32 Å². The Morgan fingerprint density at radius 1 is 1.47 bits per heavy atom. The Morgan fingerprint density at radius 3 is 2.80 bits per heavy atom. The van der Waals surface area contributed by atoms with Crippen molar-refractivity contribution in [2.75, 3.05) is 6.54 Å². The van der Waals surface area contributed by atoms with Crippen LogP contribution in [0, 0.1) is 5.82 Å². The maximum Gasteiger partial charge on any atom is 0.126 e. The molecule has 1 fully saturated rings. The summed E-state index contributed by atoms with van der Waals surface area (Å²) in [6.45, 7) is 5.15. The van der Waals surface area contributed by atoms with Crippen molar-refractivity contribution in [2.24, 2.45) is 0 Å². The molecular weight excluding hydrogens is 189 g/mol. The highest BCUT2D eigenvalue weighted by Gasteiger charge is 2.26. The van der Waals surface area contributed by atoms with Crippen molar-refractivity contribution in [1.29, 1.82) is 0 Å². The molecule has 15 heavy (non-hydrogen) atoms. The topological polar surface area (TPSA) is 12.0 Å². The zero-order valence-electron chi connectivity index (χ0n) is 9.39. The quantitative estimate of drug-likeness (QED) is 0.798. The SMILES string of the molecule is CCNC(C)c1ccc(F)c(C2CC2)c1. The van der Waals surface area contributed by atoms with Gasteiger partial charge in [-0.1, -0.05) is 19.1 Å². The van der Waals surface area contributed by atoms with Crippen molar-refractivity contribution >= 4 is 0 Å². The van der Waals surface area contributed by atoms with Gasteiger partial charge in [-0.3, -0.25) is 0 Å². The van der Waals surface area contributed by atoms with Crippen molar-refractivity contribution < 1.29 is 4.39 Å². The Bertz CT molecular complexity index is 344. The monoisotopic (exact) mass is 207 g/mol. The molecule has 1 aliphatic rings. The fourth-order valence-corrected chi connectivity index (χ4v) is 1.96. The first kappa shape index (κ1) is 10.6. The molecule has 0 bridgehead atoms. The minimum Gasteiger partial charge on any atom is -0.310 e. The molecule has 1 atom stereocenters. The van der Waals surface area contributed by atoms with E-state index in [2.05, 4.69) is 19.2 Å². The van der Waals surface area contributed by atoms with E-state index in [4.69, 9.17) is 0 Å². The first-order valence-corrected chi connectivity index (χ1v) is 5.75. The van der Waals surface area contributed by atoms with E-state index in [9.17, 15) is 4.39 Å². The van der Waals surface area contributed by atoms with Gasteiger partial charge in [-0.25, -0.2) is 4.39 Å². The van der Waals surface area contributed by atoms with E-state index < -0.39 is 0 Å². The Hall–Kier alpha value is -0.890. The molecule has 1 N–H and O–H groups in total. The Balaban J connectivity index is 2.21. The van der Waals surface area contributed by atoms with Crippen molar-refractivity contribution in [3.63, 3.8) is 0 Å². The van der Waals surface area contributed by atoms with Gasteiger partial charge in [0.1, 0.15) is 5.82 Å². The molecule has 1 nitrogen and oxygen atoms in total. The maximum absolute atomic E-state index is 13.5. The Kier molecular flexibility index (Phi) is 3.06. The van der Waals surface area contributed by atoms with E-state index in [1.807, 2.05) is 12.1 Å². The van der Waals surface area contributed by atoms with Crippen molar-refractivity contribution in [3.05, 3.63) is 35.1 Å². The van der Waals surface area contributed by atoms with Gasteiger partial charge in [-0.05, 0) is 49.4 Å². The molecule has 2 rings (SSSR count). The third-order valence-electron chi connectivity index (χ3n) is 3.05. The van der Waals surface area contributed by atoms with E-state index in [1.54, 1.807) is 6.07 Å². The van der Waals surface area contributed by atoms with E-state index in [1.165, 1.54) is 5.56 Å². The lowest BCUT2D eigenvalue weighted by atomic mass is 10.0. The van der Waals surface area contributed by atoms with E-state index >= 15 is 0 Å². The first-order valence-electron chi connectivity index (χ1n) is 5.75. The highest BCUT2D eigenvalue weighted by molar-refractivity contribution is 5.32. The minimum absolute atomic E-state index is 0.0371. The second kappa shape index (κ2) is 4.31. The van der Waals surface area contributed by atoms with Crippen molar-refractivity contribution in [1.82, 2.24) is 5.32 Å². The van der Waals surface area contributed by atoms with E-state index in [-0.39, 0.29) is 5.82 Å². The summed E-state index contributed by atoms with van der Waals surface area (Å²) in [6.07, 6.45) is 2.30. The summed E-state index contributed by atoms with van der Waals surface area (Å²) in [4.78, 5) is 0. The zero-order chi connectivity index (χ0) is 10.8. The van der Waals surface area contributed by atoms with Crippen LogP contribution < -0.4 is 5.32 Å². The molecule has 0 heterocycles. The number of benzene rings is 1. The Labute approximate surface area is 90.7 Å². The Morgan fingerprint density at radius 2 is 2.20 bits per heavy atom. The third kappa shape index (κ3) is 2.37. The van der Waals surface area contributed by atoms with Gasteiger partial charge in [0.15, 0.2) is 0 Å². The summed E-state index contributed by atoms with van der Waals surface area (Å²) in [7, 11) is 0. The van der Waals surface area contributed by atoms with Crippen LogP contribution in [0.5, 0.6) is 0 Å². The molecule has 0 radical (unpaired) electrons. The number of rotatable bonds is 4. The van der Waals surface area contributed by atoms with Gasteiger partial charge in [-0.2, -0.15) is 0 Å². The predicted molar refractivity (Wildman–Crippen MR) is 60.5 cm³/mol. The standard InChI is InChI=1S/C13H18FN/c1-3-15-9(2)11-6-7-13(14)12(8-11)10-4-5-10/h6-10,15H,3-5H2,1-2H3. The van der Waals surface area contributed by atoms with Crippen LogP contribution >= 0.6 is 0 Å². The van der Waals surface area contributed by atoms with Gasteiger partial charge in [0, 0.05) is 6.04 Å². The summed E-state index contributed by atoms with van der Waals surface area (Å²) in [5.41, 5.74) is 2.11. The lowest BCUT2D eigenvalue weighted by Gasteiger charge is -2.14. The molecule has 0 spiro atoms. The highest BCUT2D eigenvalue weighted by atomic mass is 19.1. The third-order valence-corrected chi connectivity index (χ3v) is 3.05. The molecule has 1 aromatic carbocycles. The van der Waals surface area contributed by atoms with Gasteiger partial charge in [0.25, 0.3) is 0 Å². The average molecular weight is 207 g/mol. The molecular formula is C13H18FN. The summed E-state index contributed by atoms with van der Waals surface area (Å²) < 4.78 is 13.5. The molecule has 1 aliphatic carbocycles. The number of hydrogen-bond donors (Lipinski definition) is 1. The molecule has 82 valence electrons. The summed E-state index contributed by atoms with van der Waals surface area (Å²) in [5.74, 6) is 0.448. The van der Waals surface area contributed by atoms with Crippen LogP contribution in [0.4, 0.5) is 4.39 Å². The summed E-state index contributed by atoms with van der Waals surface area (Å²) in [5, 5.41) is 3.35. The molecule has 0 aromatic heterocycles. The van der Waals surface area contributed by atoms with Crippen LogP contribution in [0.15, 0.2) is 18.2 Å². The largest absolute Gasteiger partial charge is 0.310 e. The second-order valence-corrected chi connectivity index (χ2v) is 4.33. The number of hydrogen-bond acceptors (Lipinski definition) is 1. The number of nitrogens with one attached hydrogen (secondary N) is 1. The molecule has 1 aromatic rings. The summed E-state index contributed by atoms with van der Waals surface area (Å²) in [6, 6.07) is 5.83. The first-order chi connectivity index (χ1) is 7.22. The predicted octanol–water partition coefficient (Wildman–Crippen LogP) is 3.37. The van der Waals surface area contributed by atoms with Crippen LogP contribution in [0.2, 0.25) is 0 Å². The van der Waals surface area contributed by atoms with E-state index in [0.717, 1.165) is 24.9 Å². The smallest absolute Gasteiger partial charge is 0.126 e. The fraction of sp³-hybridized carbons (Fsp3) is 0.538. The van der Waals surface area contributed by atoms with E-state index in [0.29, 0.717) is 12.0 Å². The fourth-order valence-electron chi connectivity index (χ4n) is 1.96. The molecule has 0 saturated heterocycles. The molecule has 0 amide bonds. The van der Waals surface area contributed by atoms with Gasteiger partial charge in [0.05, 0.1) is 0 Å². The molecule has 1 saturated carbocycles. The summed E-state index contributed by atoms with van der Waals surface area (Å²) >= 11 is 0. The van der Waals surface area contributed by atoms with Gasteiger partial charge in [-0.15, -0.1) is 0 Å².